The first-order valence-corrected chi connectivity index (χ1v) is 7.80. The number of esters is 1. The Bertz CT molecular complexity index is 979. The van der Waals surface area contributed by atoms with E-state index in [0.717, 1.165) is 11.1 Å². The second-order valence-electron chi connectivity index (χ2n) is 5.56. The van der Waals surface area contributed by atoms with Crippen LogP contribution in [0.25, 0.3) is 5.52 Å². The fraction of sp³-hybridized carbons (Fsp3) is 0.111. The van der Waals surface area contributed by atoms with E-state index in [0.29, 0.717) is 12.1 Å². The summed E-state index contributed by atoms with van der Waals surface area (Å²) in [4.78, 5) is 20.6. The number of nitrogens with zero attached hydrogens (tertiary/aromatic N) is 5. The van der Waals surface area contributed by atoms with Crippen LogP contribution in [0.5, 0.6) is 0 Å². The molecule has 1 unspecified atom stereocenters. The van der Waals surface area contributed by atoms with Crippen molar-refractivity contribution >= 4 is 11.5 Å². The summed E-state index contributed by atoms with van der Waals surface area (Å²) in [5.74, 6) is -0.391. The summed E-state index contributed by atoms with van der Waals surface area (Å²) in [5, 5.41) is 4.10. The van der Waals surface area contributed by atoms with Gasteiger partial charge >= 0.3 is 5.97 Å². The van der Waals surface area contributed by atoms with Crippen LogP contribution in [0.15, 0.2) is 73.8 Å². The zero-order valence-electron chi connectivity index (χ0n) is 13.3. The molecule has 0 N–H and O–H groups in total. The molecular weight excluding hydrogens is 318 g/mol. The van der Waals surface area contributed by atoms with E-state index in [9.17, 15) is 4.79 Å². The Morgan fingerprint density at radius 3 is 2.80 bits per heavy atom. The number of carbonyl (C=O) groups is 1. The largest absolute Gasteiger partial charge is 0.452 e. The van der Waals surface area contributed by atoms with Gasteiger partial charge < -0.3 is 9.14 Å². The molecule has 1 aromatic carbocycles. The van der Waals surface area contributed by atoms with Gasteiger partial charge in [0.05, 0.1) is 30.1 Å². The van der Waals surface area contributed by atoms with E-state index in [1.165, 1.54) is 6.33 Å². The first-order chi connectivity index (χ1) is 12.3. The molecule has 1 atom stereocenters. The molecule has 0 amide bonds. The lowest BCUT2D eigenvalue weighted by Crippen LogP contribution is -2.17. The molecule has 4 aromatic rings. The molecule has 0 saturated heterocycles. The van der Waals surface area contributed by atoms with Gasteiger partial charge in [0.2, 0.25) is 0 Å². The molecule has 0 aliphatic carbocycles. The molecule has 0 bridgehead atoms. The zero-order chi connectivity index (χ0) is 17.1. The lowest BCUT2D eigenvalue weighted by molar-refractivity contribution is 0.0246. The molecule has 0 saturated carbocycles. The second-order valence-corrected chi connectivity index (χ2v) is 5.56. The highest BCUT2D eigenvalue weighted by molar-refractivity contribution is 5.90. The van der Waals surface area contributed by atoms with Crippen LogP contribution < -0.4 is 0 Å². The van der Waals surface area contributed by atoms with Crippen LogP contribution >= 0.6 is 0 Å². The first kappa shape index (κ1) is 15.1. The summed E-state index contributed by atoms with van der Waals surface area (Å²) in [6.07, 6.45) is 7.76. The van der Waals surface area contributed by atoms with E-state index in [1.807, 2.05) is 34.7 Å². The molecule has 0 spiro atoms. The van der Waals surface area contributed by atoms with Crippen molar-refractivity contribution in [1.82, 2.24) is 24.1 Å². The van der Waals surface area contributed by atoms with Gasteiger partial charge in [-0.1, -0.05) is 30.3 Å². The standard InChI is InChI=1S/C18H15N5O2/c24-18(15-6-7-22-12-19-9-16(22)8-15)25-17(10-23-13-20-11-21-23)14-4-2-1-3-5-14/h1-9,11-13,17H,10H2. The quantitative estimate of drug-likeness (QED) is 0.525. The minimum Gasteiger partial charge on any atom is -0.452 e. The van der Waals surface area contributed by atoms with E-state index in [1.54, 1.807) is 41.9 Å². The van der Waals surface area contributed by atoms with Crippen molar-refractivity contribution in [2.75, 3.05) is 0 Å². The molecule has 0 aliphatic heterocycles. The van der Waals surface area contributed by atoms with Gasteiger partial charge in [-0.3, -0.25) is 0 Å². The topological polar surface area (TPSA) is 74.3 Å². The molecule has 7 nitrogen and oxygen atoms in total. The number of fused-ring (bicyclic) bond motifs is 1. The average Bonchev–Trinajstić information content (AvgIpc) is 3.32. The summed E-state index contributed by atoms with van der Waals surface area (Å²) >= 11 is 0. The molecule has 3 aromatic heterocycles. The third-order valence-corrected chi connectivity index (χ3v) is 3.89. The van der Waals surface area contributed by atoms with Crippen molar-refractivity contribution in [1.29, 1.82) is 0 Å². The highest BCUT2D eigenvalue weighted by atomic mass is 16.5. The molecular formula is C18H15N5O2. The zero-order valence-corrected chi connectivity index (χ0v) is 13.3. The third kappa shape index (κ3) is 3.25. The molecule has 3 heterocycles. The lowest BCUT2D eigenvalue weighted by atomic mass is 10.1. The number of aromatic nitrogens is 5. The highest BCUT2D eigenvalue weighted by Crippen LogP contribution is 2.21. The van der Waals surface area contributed by atoms with Crippen LogP contribution in [0.2, 0.25) is 0 Å². The minimum absolute atomic E-state index is 0.391. The Kier molecular flexibility index (Phi) is 3.96. The number of hydrogen-bond acceptors (Lipinski definition) is 5. The van der Waals surface area contributed by atoms with E-state index in [4.69, 9.17) is 4.74 Å². The molecule has 0 fully saturated rings. The Labute approximate surface area is 143 Å². The summed E-state index contributed by atoms with van der Waals surface area (Å²) in [7, 11) is 0. The van der Waals surface area contributed by atoms with E-state index < -0.39 is 12.1 Å². The molecule has 0 aliphatic rings. The number of benzene rings is 1. The summed E-state index contributed by atoms with van der Waals surface area (Å²) < 4.78 is 9.24. The summed E-state index contributed by atoms with van der Waals surface area (Å²) in [6.45, 7) is 0.394. The number of rotatable bonds is 5. The molecule has 4 rings (SSSR count). The highest BCUT2D eigenvalue weighted by Gasteiger charge is 2.19. The molecule has 124 valence electrons. The van der Waals surface area contributed by atoms with Gasteiger partial charge in [-0.2, -0.15) is 5.10 Å². The van der Waals surface area contributed by atoms with Crippen molar-refractivity contribution in [3.8, 4) is 0 Å². The minimum atomic E-state index is -0.462. The first-order valence-electron chi connectivity index (χ1n) is 7.80. The van der Waals surface area contributed by atoms with Crippen molar-refractivity contribution in [3.63, 3.8) is 0 Å². The smallest absolute Gasteiger partial charge is 0.338 e. The van der Waals surface area contributed by atoms with Crippen molar-refractivity contribution < 1.29 is 9.53 Å². The summed E-state index contributed by atoms with van der Waals surface area (Å²) in [5.41, 5.74) is 2.21. The number of imidazole rings is 1. The molecule has 7 heteroatoms. The van der Waals surface area contributed by atoms with E-state index >= 15 is 0 Å². The predicted octanol–water partition coefficient (Wildman–Crippen LogP) is 2.52. The number of hydrogen-bond donors (Lipinski definition) is 0. The normalized spacial score (nSPS) is 12.2. The second kappa shape index (κ2) is 6.56. The van der Waals surface area contributed by atoms with Crippen molar-refractivity contribution in [2.24, 2.45) is 0 Å². The maximum Gasteiger partial charge on any atom is 0.338 e. The average molecular weight is 333 g/mol. The van der Waals surface area contributed by atoms with Gasteiger partial charge in [0, 0.05) is 6.20 Å². The van der Waals surface area contributed by atoms with Gasteiger partial charge in [-0.05, 0) is 17.7 Å². The Morgan fingerprint density at radius 2 is 2.00 bits per heavy atom. The third-order valence-electron chi connectivity index (χ3n) is 3.89. The van der Waals surface area contributed by atoms with Crippen molar-refractivity contribution in [2.45, 2.75) is 12.6 Å². The van der Waals surface area contributed by atoms with Crippen LogP contribution in [0.3, 0.4) is 0 Å². The van der Waals surface area contributed by atoms with Gasteiger partial charge in [0.1, 0.15) is 18.8 Å². The van der Waals surface area contributed by atoms with Gasteiger partial charge in [0.25, 0.3) is 0 Å². The van der Waals surface area contributed by atoms with Gasteiger partial charge in [-0.15, -0.1) is 0 Å². The SMILES string of the molecule is O=C(OC(Cn1cncn1)c1ccccc1)c1ccn2cncc2c1. The molecule has 0 radical (unpaired) electrons. The fourth-order valence-electron chi connectivity index (χ4n) is 2.62. The van der Waals surface area contributed by atoms with Crippen LogP contribution in [0.1, 0.15) is 22.0 Å². The van der Waals surface area contributed by atoms with Crippen LogP contribution in [0.4, 0.5) is 0 Å². The number of carbonyl (C=O) groups excluding carboxylic acids is 1. The van der Waals surface area contributed by atoms with Crippen LogP contribution in [0, 0.1) is 0 Å². The Balaban J connectivity index is 1.59. The fourth-order valence-corrected chi connectivity index (χ4v) is 2.62. The number of ether oxygens (including phenoxy) is 1. The summed E-state index contributed by atoms with van der Waals surface area (Å²) in [6, 6.07) is 13.1. The Morgan fingerprint density at radius 1 is 1.12 bits per heavy atom. The number of pyridine rings is 1. The van der Waals surface area contributed by atoms with Crippen LogP contribution in [-0.2, 0) is 11.3 Å². The van der Waals surface area contributed by atoms with Gasteiger partial charge in [0.15, 0.2) is 0 Å². The molecule has 25 heavy (non-hydrogen) atoms. The van der Waals surface area contributed by atoms with E-state index in [2.05, 4.69) is 15.1 Å². The monoisotopic (exact) mass is 333 g/mol. The van der Waals surface area contributed by atoms with E-state index in [-0.39, 0.29) is 0 Å². The maximum absolute atomic E-state index is 12.6. The van der Waals surface area contributed by atoms with Crippen LogP contribution in [-0.4, -0.2) is 30.1 Å². The van der Waals surface area contributed by atoms with Gasteiger partial charge in [-0.25, -0.2) is 19.4 Å². The predicted molar refractivity (Wildman–Crippen MR) is 89.8 cm³/mol. The lowest BCUT2D eigenvalue weighted by Gasteiger charge is -2.18. The van der Waals surface area contributed by atoms with Crippen molar-refractivity contribution in [3.05, 3.63) is 85.0 Å². The Hall–Kier alpha value is -3.48. The maximum atomic E-state index is 12.6.